The molecule has 38 heavy (non-hydrogen) atoms. The number of esters is 2. The highest BCUT2D eigenvalue weighted by Gasteiger charge is 2.14. The molecule has 0 fully saturated rings. The normalized spacial score (nSPS) is 10.4. The summed E-state index contributed by atoms with van der Waals surface area (Å²) in [5, 5.41) is 2.77. The van der Waals surface area contributed by atoms with Crippen LogP contribution in [0.4, 0.5) is 5.69 Å². The molecule has 0 aromatic heterocycles. The van der Waals surface area contributed by atoms with Crippen molar-refractivity contribution in [3.8, 4) is 5.75 Å². The highest BCUT2D eigenvalue weighted by molar-refractivity contribution is 6.04. The maximum Gasteiger partial charge on any atom is 0.343 e. The van der Waals surface area contributed by atoms with Crippen molar-refractivity contribution in [3.63, 3.8) is 0 Å². The Morgan fingerprint density at radius 2 is 1.05 bits per heavy atom. The Hall–Kier alpha value is -5.04. The van der Waals surface area contributed by atoms with Gasteiger partial charge in [0.25, 0.3) is 5.91 Å². The fourth-order valence-corrected chi connectivity index (χ4v) is 3.46. The van der Waals surface area contributed by atoms with Gasteiger partial charge >= 0.3 is 11.9 Å². The van der Waals surface area contributed by atoms with Crippen molar-refractivity contribution in [2.24, 2.45) is 0 Å². The highest BCUT2D eigenvalue weighted by Crippen LogP contribution is 2.16. The van der Waals surface area contributed by atoms with Gasteiger partial charge in [0.05, 0.1) is 11.1 Å². The van der Waals surface area contributed by atoms with Gasteiger partial charge in [-0.3, -0.25) is 9.59 Å². The summed E-state index contributed by atoms with van der Waals surface area (Å²) in [6.45, 7) is 3.41. The van der Waals surface area contributed by atoms with Gasteiger partial charge in [0.15, 0.2) is 12.4 Å². The number of nitrogens with one attached hydrogen (secondary N) is 1. The van der Waals surface area contributed by atoms with E-state index in [1.54, 1.807) is 36.4 Å². The van der Waals surface area contributed by atoms with Crippen molar-refractivity contribution in [3.05, 3.63) is 130 Å². The van der Waals surface area contributed by atoms with E-state index in [0.29, 0.717) is 28.1 Å². The van der Waals surface area contributed by atoms with E-state index in [4.69, 9.17) is 9.47 Å². The lowest BCUT2D eigenvalue weighted by atomic mass is 10.1. The van der Waals surface area contributed by atoms with Crippen LogP contribution in [0.15, 0.2) is 97.1 Å². The van der Waals surface area contributed by atoms with Crippen LogP contribution >= 0.6 is 0 Å². The summed E-state index contributed by atoms with van der Waals surface area (Å²) in [4.78, 5) is 49.4. The van der Waals surface area contributed by atoms with E-state index in [2.05, 4.69) is 5.32 Å². The number of Topliss-reactive ketones (excluding diaryl/α,β-unsaturated/α-hetero) is 1. The molecule has 4 rings (SSSR count). The summed E-state index contributed by atoms with van der Waals surface area (Å²) >= 11 is 0. The zero-order valence-corrected chi connectivity index (χ0v) is 20.9. The number of carbonyl (C=O) groups is 4. The van der Waals surface area contributed by atoms with E-state index in [0.717, 1.165) is 11.1 Å². The molecule has 0 aliphatic rings. The Labute approximate surface area is 220 Å². The van der Waals surface area contributed by atoms with Gasteiger partial charge in [-0.25, -0.2) is 9.59 Å². The molecule has 0 saturated carbocycles. The smallest absolute Gasteiger partial charge is 0.343 e. The molecule has 0 unspecified atom stereocenters. The number of ketones is 1. The Kier molecular flexibility index (Phi) is 8.08. The molecule has 0 aliphatic carbocycles. The van der Waals surface area contributed by atoms with Gasteiger partial charge in [-0.05, 0) is 86.6 Å². The second-order valence-corrected chi connectivity index (χ2v) is 8.68. The predicted octanol–water partition coefficient (Wildman–Crippen LogP) is 5.81. The van der Waals surface area contributed by atoms with E-state index in [-0.39, 0.29) is 11.5 Å². The molecule has 0 heterocycles. The number of hydrogen-bond donors (Lipinski definition) is 1. The molecular weight excluding hydrogens is 482 g/mol. The highest BCUT2D eigenvalue weighted by atomic mass is 16.5. The van der Waals surface area contributed by atoms with Crippen LogP contribution in [0.2, 0.25) is 0 Å². The molecule has 0 saturated heterocycles. The third kappa shape index (κ3) is 6.79. The molecule has 0 atom stereocenters. The first-order valence-corrected chi connectivity index (χ1v) is 11.9. The van der Waals surface area contributed by atoms with Gasteiger partial charge in [0, 0.05) is 16.8 Å². The minimum absolute atomic E-state index is 0.240. The third-order valence-electron chi connectivity index (χ3n) is 5.70. The van der Waals surface area contributed by atoms with Crippen LogP contribution in [0.5, 0.6) is 5.75 Å². The molecule has 1 amide bonds. The summed E-state index contributed by atoms with van der Waals surface area (Å²) in [6.07, 6.45) is 0. The summed E-state index contributed by atoms with van der Waals surface area (Å²) in [5.41, 5.74) is 4.10. The molecule has 4 aromatic carbocycles. The van der Waals surface area contributed by atoms with E-state index in [9.17, 15) is 19.2 Å². The molecule has 0 bridgehead atoms. The number of hydrogen-bond acceptors (Lipinski definition) is 6. The summed E-state index contributed by atoms with van der Waals surface area (Å²) < 4.78 is 10.5. The number of benzene rings is 4. The molecule has 0 aliphatic heterocycles. The number of carbonyl (C=O) groups excluding carboxylic acids is 4. The van der Waals surface area contributed by atoms with Crippen LogP contribution < -0.4 is 10.1 Å². The van der Waals surface area contributed by atoms with Crippen molar-refractivity contribution >= 4 is 29.3 Å². The van der Waals surface area contributed by atoms with E-state index < -0.39 is 24.3 Å². The standard InChI is InChI=1S/C31H25NO6/c1-20-3-7-23(8-4-20)29(34)32-26-15-11-24(12-16-26)30(35)37-19-28(33)22-13-17-27(18-14-22)38-31(36)25-9-5-21(2)6-10-25/h3-18H,19H2,1-2H3,(H,32,34). The molecule has 0 spiro atoms. The maximum atomic E-state index is 12.5. The lowest BCUT2D eigenvalue weighted by Gasteiger charge is -2.08. The topological polar surface area (TPSA) is 98.8 Å². The van der Waals surface area contributed by atoms with Gasteiger partial charge in [-0.1, -0.05) is 35.4 Å². The van der Waals surface area contributed by atoms with Gasteiger partial charge in [0.1, 0.15) is 5.75 Å². The van der Waals surface area contributed by atoms with Crippen LogP contribution in [0.25, 0.3) is 0 Å². The second kappa shape index (κ2) is 11.8. The molecule has 1 N–H and O–H groups in total. The average molecular weight is 508 g/mol. The fraction of sp³-hybridized carbons (Fsp3) is 0.0968. The minimum atomic E-state index is -0.668. The van der Waals surface area contributed by atoms with Gasteiger partial charge in [-0.2, -0.15) is 0 Å². The number of amides is 1. The fourth-order valence-electron chi connectivity index (χ4n) is 3.46. The lowest BCUT2D eigenvalue weighted by molar-refractivity contribution is 0.0474. The number of aryl methyl sites for hydroxylation is 2. The average Bonchev–Trinajstić information content (AvgIpc) is 2.93. The quantitative estimate of drug-likeness (QED) is 0.183. The summed E-state index contributed by atoms with van der Waals surface area (Å²) in [5.74, 6) is -1.55. The van der Waals surface area contributed by atoms with Crippen molar-refractivity contribution in [2.45, 2.75) is 13.8 Å². The van der Waals surface area contributed by atoms with Gasteiger partial charge < -0.3 is 14.8 Å². The largest absolute Gasteiger partial charge is 0.454 e. The maximum absolute atomic E-state index is 12.5. The molecule has 190 valence electrons. The van der Waals surface area contributed by atoms with Crippen LogP contribution in [-0.2, 0) is 4.74 Å². The number of rotatable bonds is 8. The number of ether oxygens (including phenoxy) is 2. The van der Waals surface area contributed by atoms with Crippen LogP contribution in [-0.4, -0.2) is 30.2 Å². The summed E-state index contributed by atoms with van der Waals surface area (Å²) in [7, 11) is 0. The second-order valence-electron chi connectivity index (χ2n) is 8.68. The molecule has 4 aromatic rings. The SMILES string of the molecule is Cc1ccc(C(=O)Nc2ccc(C(=O)OCC(=O)c3ccc(OC(=O)c4ccc(C)cc4)cc3)cc2)cc1. The van der Waals surface area contributed by atoms with Crippen molar-refractivity contribution in [1.82, 2.24) is 0 Å². The van der Waals surface area contributed by atoms with Crippen molar-refractivity contribution in [1.29, 1.82) is 0 Å². The first kappa shape index (κ1) is 26.0. The Bertz CT molecular complexity index is 1340. The van der Waals surface area contributed by atoms with Crippen molar-refractivity contribution < 1.29 is 28.7 Å². The molecule has 7 nitrogen and oxygen atoms in total. The zero-order chi connectivity index (χ0) is 27.1. The third-order valence-corrected chi connectivity index (χ3v) is 5.70. The van der Waals surface area contributed by atoms with Gasteiger partial charge in [-0.15, -0.1) is 0 Å². The Morgan fingerprint density at radius 1 is 0.579 bits per heavy atom. The van der Waals surface area contributed by atoms with E-state index in [1.165, 1.54) is 36.4 Å². The monoisotopic (exact) mass is 507 g/mol. The molecule has 7 heteroatoms. The molecule has 0 radical (unpaired) electrons. The molecular formula is C31H25NO6. The van der Waals surface area contributed by atoms with Gasteiger partial charge in [0.2, 0.25) is 0 Å². The first-order chi connectivity index (χ1) is 18.3. The van der Waals surface area contributed by atoms with E-state index in [1.807, 2.05) is 38.1 Å². The predicted molar refractivity (Wildman–Crippen MR) is 143 cm³/mol. The van der Waals surface area contributed by atoms with Crippen molar-refractivity contribution in [2.75, 3.05) is 11.9 Å². The summed E-state index contributed by atoms with van der Waals surface area (Å²) in [6, 6.07) is 26.4. The lowest BCUT2D eigenvalue weighted by Crippen LogP contribution is -2.15. The van der Waals surface area contributed by atoms with Crippen LogP contribution in [0.3, 0.4) is 0 Å². The zero-order valence-electron chi connectivity index (χ0n) is 20.9. The Balaban J connectivity index is 1.27. The van der Waals surface area contributed by atoms with Crippen LogP contribution in [0.1, 0.15) is 52.6 Å². The first-order valence-electron chi connectivity index (χ1n) is 11.9. The van der Waals surface area contributed by atoms with E-state index >= 15 is 0 Å². The Morgan fingerprint density at radius 3 is 1.63 bits per heavy atom. The number of anilines is 1. The van der Waals surface area contributed by atoms with Crippen LogP contribution in [0, 0.1) is 13.8 Å². The minimum Gasteiger partial charge on any atom is -0.454 e.